The predicted octanol–water partition coefficient (Wildman–Crippen LogP) is 3.19. The number of hydrogen-bond acceptors (Lipinski definition) is 3. The highest BCUT2D eigenvalue weighted by Crippen LogP contribution is 2.34. The van der Waals surface area contributed by atoms with E-state index in [0.717, 1.165) is 31.4 Å². The molecule has 23 heavy (non-hydrogen) atoms. The number of benzene rings is 1. The number of rotatable bonds is 2. The van der Waals surface area contributed by atoms with Crippen LogP contribution in [0.5, 0.6) is 0 Å². The first kappa shape index (κ1) is 15.5. The van der Waals surface area contributed by atoms with Gasteiger partial charge in [-0.2, -0.15) is 28.6 Å². The first-order valence-electron chi connectivity index (χ1n) is 7.31. The number of halogens is 3. The minimum atomic E-state index is -4.36. The number of aromatic nitrogens is 3. The fourth-order valence-electron chi connectivity index (χ4n) is 2.87. The quantitative estimate of drug-likeness (QED) is 0.923. The van der Waals surface area contributed by atoms with Crippen molar-refractivity contribution >= 4 is 5.91 Å². The van der Waals surface area contributed by atoms with Gasteiger partial charge in [-0.15, -0.1) is 0 Å². The van der Waals surface area contributed by atoms with E-state index in [1.54, 1.807) is 4.90 Å². The number of likely N-dealkylation sites (tertiary alicyclic amines) is 1. The zero-order valence-corrected chi connectivity index (χ0v) is 12.2. The van der Waals surface area contributed by atoms with E-state index >= 15 is 0 Å². The molecule has 0 bridgehead atoms. The molecule has 122 valence electrons. The number of nitrogens with one attached hydrogen (secondary N) is 1. The van der Waals surface area contributed by atoms with E-state index in [2.05, 4.69) is 15.4 Å². The molecule has 8 heteroatoms. The van der Waals surface area contributed by atoms with E-state index in [1.165, 1.54) is 18.3 Å². The second-order valence-electron chi connectivity index (χ2n) is 5.49. The average molecular weight is 324 g/mol. The number of carbonyl (C=O) groups excluding carboxylic acids is 1. The topological polar surface area (TPSA) is 61.9 Å². The molecule has 1 aliphatic rings. The molecular formula is C15H15F3N4O. The van der Waals surface area contributed by atoms with E-state index in [-0.39, 0.29) is 17.6 Å². The first-order valence-corrected chi connectivity index (χ1v) is 7.31. The third kappa shape index (κ3) is 3.20. The monoisotopic (exact) mass is 324 g/mol. The van der Waals surface area contributed by atoms with Crippen molar-refractivity contribution in [1.29, 1.82) is 0 Å². The van der Waals surface area contributed by atoms with Crippen molar-refractivity contribution in [3.8, 4) is 0 Å². The Balaban J connectivity index is 1.85. The van der Waals surface area contributed by atoms with Crippen LogP contribution in [0.3, 0.4) is 0 Å². The van der Waals surface area contributed by atoms with E-state index in [0.29, 0.717) is 12.1 Å². The van der Waals surface area contributed by atoms with Crippen LogP contribution >= 0.6 is 0 Å². The van der Waals surface area contributed by atoms with Crippen molar-refractivity contribution in [3.63, 3.8) is 0 Å². The average Bonchev–Trinajstić information content (AvgIpc) is 3.08. The second kappa shape index (κ2) is 6.02. The molecule has 3 rings (SSSR count). The molecule has 1 aliphatic heterocycles. The van der Waals surface area contributed by atoms with Gasteiger partial charge in [0.15, 0.2) is 5.69 Å². The number of nitrogens with zero attached hydrogens (tertiary/aromatic N) is 3. The molecule has 1 aromatic heterocycles. The molecular weight excluding hydrogens is 309 g/mol. The van der Waals surface area contributed by atoms with Gasteiger partial charge < -0.3 is 4.90 Å². The van der Waals surface area contributed by atoms with E-state index in [1.807, 2.05) is 0 Å². The zero-order valence-electron chi connectivity index (χ0n) is 12.2. The van der Waals surface area contributed by atoms with Crippen molar-refractivity contribution in [2.24, 2.45) is 0 Å². The van der Waals surface area contributed by atoms with E-state index in [4.69, 9.17) is 0 Å². The standard InChI is InChI=1S/C15H15F3N4O/c16-15(17,18)11-6-4-10(5-7-11)13-3-1-2-8-22(13)14(23)12-9-19-21-20-12/h4-7,9,13H,1-3,8H2,(H,19,20,21)/t13-/m0/s1. The second-order valence-corrected chi connectivity index (χ2v) is 5.49. The number of alkyl halides is 3. The van der Waals surface area contributed by atoms with Gasteiger partial charge in [0.1, 0.15) is 0 Å². The molecule has 0 aliphatic carbocycles. The van der Waals surface area contributed by atoms with Crippen LogP contribution < -0.4 is 0 Å². The van der Waals surface area contributed by atoms with Crippen LogP contribution in [0.4, 0.5) is 13.2 Å². The number of hydrogen-bond donors (Lipinski definition) is 1. The maximum Gasteiger partial charge on any atom is 0.416 e. The normalized spacial score (nSPS) is 18.9. The van der Waals surface area contributed by atoms with E-state index < -0.39 is 11.7 Å². The van der Waals surface area contributed by atoms with Gasteiger partial charge in [0.05, 0.1) is 17.8 Å². The summed E-state index contributed by atoms with van der Waals surface area (Å²) in [5.74, 6) is -0.261. The van der Waals surface area contributed by atoms with Crippen molar-refractivity contribution < 1.29 is 18.0 Å². The summed E-state index contributed by atoms with van der Waals surface area (Å²) in [5.41, 5.74) is 0.227. The minimum absolute atomic E-state index is 0.212. The third-order valence-corrected chi connectivity index (χ3v) is 4.02. The number of carbonyl (C=O) groups is 1. The summed E-state index contributed by atoms with van der Waals surface area (Å²) in [6.07, 6.45) is -0.508. The van der Waals surface area contributed by atoms with Crippen LogP contribution in [0.25, 0.3) is 0 Å². The maximum atomic E-state index is 12.7. The van der Waals surface area contributed by atoms with Gasteiger partial charge in [-0.1, -0.05) is 12.1 Å². The smallest absolute Gasteiger partial charge is 0.330 e. The predicted molar refractivity (Wildman–Crippen MR) is 75.5 cm³/mol. The molecule has 1 fully saturated rings. The van der Waals surface area contributed by atoms with Gasteiger partial charge >= 0.3 is 6.18 Å². The Labute approximate surface area is 130 Å². The number of amides is 1. The molecule has 2 heterocycles. The van der Waals surface area contributed by atoms with Crippen LogP contribution in [0.2, 0.25) is 0 Å². The Morgan fingerprint density at radius 3 is 2.57 bits per heavy atom. The number of piperidine rings is 1. The van der Waals surface area contributed by atoms with Gasteiger partial charge in [-0.25, -0.2) is 0 Å². The molecule has 0 radical (unpaired) electrons. The lowest BCUT2D eigenvalue weighted by Gasteiger charge is -2.35. The lowest BCUT2D eigenvalue weighted by atomic mass is 9.94. The summed E-state index contributed by atoms with van der Waals surface area (Å²) >= 11 is 0. The highest BCUT2D eigenvalue weighted by atomic mass is 19.4. The van der Waals surface area contributed by atoms with Gasteiger partial charge in [0.25, 0.3) is 5.91 Å². The lowest BCUT2D eigenvalue weighted by Crippen LogP contribution is -2.38. The van der Waals surface area contributed by atoms with Gasteiger partial charge in [-0.3, -0.25) is 4.79 Å². The summed E-state index contributed by atoms with van der Waals surface area (Å²) in [7, 11) is 0. The lowest BCUT2D eigenvalue weighted by molar-refractivity contribution is -0.137. The fourth-order valence-corrected chi connectivity index (χ4v) is 2.87. The summed E-state index contributed by atoms with van der Waals surface area (Å²) in [6, 6.07) is 4.77. The summed E-state index contributed by atoms with van der Waals surface area (Å²) in [6.45, 7) is 0.553. The van der Waals surface area contributed by atoms with Crippen molar-refractivity contribution in [1.82, 2.24) is 20.3 Å². The molecule has 1 saturated heterocycles. The molecule has 0 saturated carbocycles. The fraction of sp³-hybridized carbons (Fsp3) is 0.400. The van der Waals surface area contributed by atoms with Crippen molar-refractivity contribution in [3.05, 3.63) is 47.3 Å². The summed E-state index contributed by atoms with van der Waals surface area (Å²) < 4.78 is 38.0. The molecule has 1 aromatic carbocycles. The first-order chi connectivity index (χ1) is 11.0. The van der Waals surface area contributed by atoms with Crippen molar-refractivity contribution in [2.75, 3.05) is 6.54 Å². The number of aromatic amines is 1. The van der Waals surface area contributed by atoms with Crippen LogP contribution in [-0.4, -0.2) is 32.8 Å². The van der Waals surface area contributed by atoms with Crippen LogP contribution in [0.1, 0.15) is 46.9 Å². The van der Waals surface area contributed by atoms with Crippen molar-refractivity contribution in [2.45, 2.75) is 31.5 Å². The van der Waals surface area contributed by atoms with Crippen LogP contribution in [0.15, 0.2) is 30.5 Å². The molecule has 1 atom stereocenters. The molecule has 0 spiro atoms. The Morgan fingerprint density at radius 2 is 1.96 bits per heavy atom. The van der Waals surface area contributed by atoms with Gasteiger partial charge in [0.2, 0.25) is 0 Å². The zero-order chi connectivity index (χ0) is 16.4. The third-order valence-electron chi connectivity index (χ3n) is 4.02. The molecule has 0 unspecified atom stereocenters. The SMILES string of the molecule is O=C(c1cn[nH]n1)N1CCCC[C@H]1c1ccc(C(F)(F)F)cc1. The number of H-pyrrole nitrogens is 1. The Hall–Kier alpha value is -2.38. The van der Waals surface area contributed by atoms with Crippen LogP contribution in [-0.2, 0) is 6.18 Å². The summed E-state index contributed by atoms with van der Waals surface area (Å²) in [5, 5.41) is 9.81. The highest BCUT2D eigenvalue weighted by molar-refractivity contribution is 5.92. The summed E-state index contributed by atoms with van der Waals surface area (Å²) in [4.78, 5) is 14.2. The largest absolute Gasteiger partial charge is 0.416 e. The van der Waals surface area contributed by atoms with E-state index in [9.17, 15) is 18.0 Å². The Bertz CT molecular complexity index is 667. The Kier molecular flexibility index (Phi) is 4.06. The molecule has 5 nitrogen and oxygen atoms in total. The maximum absolute atomic E-state index is 12.7. The Morgan fingerprint density at radius 1 is 1.22 bits per heavy atom. The molecule has 1 N–H and O–H groups in total. The van der Waals surface area contributed by atoms with Gasteiger partial charge in [0, 0.05) is 6.54 Å². The molecule has 1 amide bonds. The molecule has 2 aromatic rings. The van der Waals surface area contributed by atoms with Crippen LogP contribution in [0, 0.1) is 0 Å². The highest BCUT2D eigenvalue weighted by Gasteiger charge is 2.32. The van der Waals surface area contributed by atoms with Gasteiger partial charge in [-0.05, 0) is 37.0 Å². The minimum Gasteiger partial charge on any atom is -0.330 e.